The Morgan fingerprint density at radius 3 is 2.21 bits per heavy atom. The summed E-state index contributed by atoms with van der Waals surface area (Å²) in [6.45, 7) is 7.38. The van der Waals surface area contributed by atoms with E-state index < -0.39 is 0 Å². The molecule has 0 aromatic rings. The van der Waals surface area contributed by atoms with Gasteiger partial charge in [0, 0.05) is 0 Å². The zero-order valence-corrected chi connectivity index (χ0v) is 10.0. The highest BCUT2D eigenvalue weighted by Gasteiger charge is 2.10. The molecule has 0 rings (SSSR count). The molecule has 0 aromatic heterocycles. The molecule has 82 valence electrons. The molecular weight excluding hydrogens is 170 g/mol. The molecule has 0 atom stereocenters. The van der Waals surface area contributed by atoms with Crippen LogP contribution in [0.5, 0.6) is 0 Å². The van der Waals surface area contributed by atoms with Crippen molar-refractivity contribution in [2.75, 3.05) is 6.54 Å². The average Bonchev–Trinajstić information content (AvgIpc) is 2.16. The van der Waals surface area contributed by atoms with E-state index in [0.717, 1.165) is 6.54 Å². The summed E-state index contributed by atoms with van der Waals surface area (Å²) in [7, 11) is 0. The molecule has 14 heavy (non-hydrogen) atoms. The van der Waals surface area contributed by atoms with Crippen LogP contribution in [0.25, 0.3) is 0 Å². The van der Waals surface area contributed by atoms with Crippen LogP contribution in [0.1, 0.15) is 59.3 Å². The second-order valence-corrected chi connectivity index (χ2v) is 4.46. The molecule has 0 aliphatic heterocycles. The summed E-state index contributed by atoms with van der Waals surface area (Å²) in [4.78, 5) is 0. The normalized spacial score (nSPS) is 11.3. The lowest BCUT2D eigenvalue weighted by Crippen LogP contribution is -2.38. The first-order valence-electron chi connectivity index (χ1n) is 5.85. The molecular formula is C13H25N. The Hall–Kier alpha value is -0.480. The molecule has 0 radical (unpaired) electrons. The van der Waals surface area contributed by atoms with Crippen molar-refractivity contribution in [1.29, 1.82) is 0 Å². The number of unbranched alkanes of at least 4 members (excludes halogenated alkanes) is 5. The number of hydrogen-bond donors (Lipinski definition) is 1. The fourth-order valence-corrected chi connectivity index (χ4v) is 1.36. The molecule has 0 unspecified atom stereocenters. The topological polar surface area (TPSA) is 12.0 Å². The summed E-state index contributed by atoms with van der Waals surface area (Å²) in [5.74, 6) is 2.74. The van der Waals surface area contributed by atoms with Gasteiger partial charge in [0.25, 0.3) is 0 Å². The molecule has 1 nitrogen and oxygen atoms in total. The van der Waals surface area contributed by atoms with Crippen molar-refractivity contribution in [2.45, 2.75) is 64.8 Å². The number of rotatable bonds is 8. The van der Waals surface area contributed by atoms with Gasteiger partial charge in [0.1, 0.15) is 0 Å². The highest BCUT2D eigenvalue weighted by Crippen LogP contribution is 2.05. The maximum absolute atomic E-state index is 5.37. The average molecular weight is 195 g/mol. The van der Waals surface area contributed by atoms with Gasteiger partial charge in [-0.05, 0) is 26.8 Å². The molecule has 0 bridgehead atoms. The highest BCUT2D eigenvalue weighted by atomic mass is 14.9. The molecule has 0 aromatic carbocycles. The van der Waals surface area contributed by atoms with Gasteiger partial charge in [-0.2, -0.15) is 0 Å². The largest absolute Gasteiger partial charge is 0.302 e. The molecule has 0 spiro atoms. The monoisotopic (exact) mass is 195 g/mol. The lowest BCUT2D eigenvalue weighted by Gasteiger charge is -2.19. The van der Waals surface area contributed by atoms with E-state index in [2.05, 4.69) is 18.2 Å². The summed E-state index contributed by atoms with van der Waals surface area (Å²) in [6, 6.07) is 0. The lowest BCUT2D eigenvalue weighted by molar-refractivity contribution is 0.471. The summed E-state index contributed by atoms with van der Waals surface area (Å²) in [5, 5.41) is 3.36. The van der Waals surface area contributed by atoms with Crippen LogP contribution in [0.4, 0.5) is 0 Å². The summed E-state index contributed by atoms with van der Waals surface area (Å²) in [5.41, 5.74) is -0.135. The van der Waals surface area contributed by atoms with Gasteiger partial charge in [0.2, 0.25) is 0 Å². The van der Waals surface area contributed by atoms with Crippen LogP contribution in [0, 0.1) is 12.3 Å². The van der Waals surface area contributed by atoms with Crippen molar-refractivity contribution in [3.63, 3.8) is 0 Å². The maximum Gasteiger partial charge on any atom is 0.0741 e. The standard InChI is InChI=1S/C13H25N/c1-5-7-8-9-10-11-12-14-13(3,4)6-2/h2,14H,5,7-12H2,1,3-4H3. The summed E-state index contributed by atoms with van der Waals surface area (Å²) < 4.78 is 0. The molecule has 0 amide bonds. The molecule has 0 saturated carbocycles. The Morgan fingerprint density at radius 2 is 1.64 bits per heavy atom. The van der Waals surface area contributed by atoms with Gasteiger partial charge in [-0.15, -0.1) is 6.42 Å². The van der Waals surface area contributed by atoms with E-state index in [-0.39, 0.29) is 5.54 Å². The molecule has 1 heteroatoms. The Labute approximate surface area is 89.7 Å². The molecule has 0 heterocycles. The van der Waals surface area contributed by atoms with E-state index in [1.54, 1.807) is 0 Å². The third-order valence-electron chi connectivity index (χ3n) is 2.46. The third-order valence-corrected chi connectivity index (χ3v) is 2.46. The van der Waals surface area contributed by atoms with E-state index in [9.17, 15) is 0 Å². The van der Waals surface area contributed by atoms with Crippen molar-refractivity contribution in [2.24, 2.45) is 0 Å². The second kappa shape index (κ2) is 7.88. The Morgan fingerprint density at radius 1 is 1.07 bits per heavy atom. The quantitative estimate of drug-likeness (QED) is 0.462. The van der Waals surface area contributed by atoms with Crippen LogP contribution in [0.2, 0.25) is 0 Å². The molecule has 0 aliphatic carbocycles. The van der Waals surface area contributed by atoms with Crippen molar-refractivity contribution < 1.29 is 0 Å². The van der Waals surface area contributed by atoms with Crippen molar-refractivity contribution in [3.05, 3.63) is 0 Å². The first-order valence-corrected chi connectivity index (χ1v) is 5.85. The minimum absolute atomic E-state index is 0.135. The second-order valence-electron chi connectivity index (χ2n) is 4.46. The maximum atomic E-state index is 5.37. The highest BCUT2D eigenvalue weighted by molar-refractivity contribution is 5.07. The van der Waals surface area contributed by atoms with Crippen LogP contribution in [-0.4, -0.2) is 12.1 Å². The van der Waals surface area contributed by atoms with Crippen LogP contribution in [0.3, 0.4) is 0 Å². The Kier molecular flexibility index (Phi) is 7.61. The SMILES string of the molecule is C#CC(C)(C)NCCCCCCCC. The van der Waals surface area contributed by atoms with Crippen LogP contribution >= 0.6 is 0 Å². The Bertz CT molecular complexity index is 165. The molecule has 0 saturated heterocycles. The number of hydrogen-bond acceptors (Lipinski definition) is 1. The third kappa shape index (κ3) is 8.13. The summed E-state index contributed by atoms with van der Waals surface area (Å²) in [6.07, 6.45) is 13.4. The zero-order chi connectivity index (χ0) is 10.9. The van der Waals surface area contributed by atoms with Crippen molar-refractivity contribution >= 4 is 0 Å². The van der Waals surface area contributed by atoms with Gasteiger partial charge < -0.3 is 5.32 Å². The fourth-order valence-electron chi connectivity index (χ4n) is 1.36. The minimum atomic E-state index is -0.135. The van der Waals surface area contributed by atoms with Crippen LogP contribution < -0.4 is 5.32 Å². The summed E-state index contributed by atoms with van der Waals surface area (Å²) >= 11 is 0. The lowest BCUT2D eigenvalue weighted by atomic mass is 10.1. The van der Waals surface area contributed by atoms with Crippen molar-refractivity contribution in [1.82, 2.24) is 5.32 Å². The Balaban J connectivity index is 3.18. The van der Waals surface area contributed by atoms with E-state index in [1.807, 2.05) is 13.8 Å². The number of nitrogens with one attached hydrogen (secondary N) is 1. The van der Waals surface area contributed by atoms with Gasteiger partial charge in [0.15, 0.2) is 0 Å². The number of terminal acetylenes is 1. The zero-order valence-electron chi connectivity index (χ0n) is 10.0. The van der Waals surface area contributed by atoms with E-state index in [1.165, 1.54) is 38.5 Å². The molecule has 0 fully saturated rings. The van der Waals surface area contributed by atoms with Gasteiger partial charge in [0.05, 0.1) is 5.54 Å². The minimum Gasteiger partial charge on any atom is -0.302 e. The first-order chi connectivity index (χ1) is 6.62. The van der Waals surface area contributed by atoms with Crippen LogP contribution in [-0.2, 0) is 0 Å². The fraction of sp³-hybridized carbons (Fsp3) is 0.846. The van der Waals surface area contributed by atoms with Crippen LogP contribution in [0.15, 0.2) is 0 Å². The van der Waals surface area contributed by atoms with Gasteiger partial charge in [-0.3, -0.25) is 0 Å². The predicted molar refractivity (Wildman–Crippen MR) is 64.3 cm³/mol. The van der Waals surface area contributed by atoms with E-state index in [0.29, 0.717) is 0 Å². The molecule has 1 N–H and O–H groups in total. The first kappa shape index (κ1) is 13.5. The van der Waals surface area contributed by atoms with Gasteiger partial charge in [-0.1, -0.05) is 44.9 Å². The van der Waals surface area contributed by atoms with Crippen molar-refractivity contribution in [3.8, 4) is 12.3 Å². The van der Waals surface area contributed by atoms with E-state index in [4.69, 9.17) is 6.42 Å². The van der Waals surface area contributed by atoms with Gasteiger partial charge in [-0.25, -0.2) is 0 Å². The van der Waals surface area contributed by atoms with E-state index >= 15 is 0 Å². The smallest absolute Gasteiger partial charge is 0.0741 e. The molecule has 0 aliphatic rings. The van der Waals surface area contributed by atoms with Gasteiger partial charge >= 0.3 is 0 Å². The predicted octanol–water partition coefficient (Wildman–Crippen LogP) is 3.35.